The fourth-order valence-electron chi connectivity index (χ4n) is 3.04. The van der Waals surface area contributed by atoms with E-state index in [1.54, 1.807) is 51.1 Å². The van der Waals surface area contributed by atoms with Gasteiger partial charge < -0.3 is 15.4 Å². The number of ether oxygens (including phenoxy) is 1. The summed E-state index contributed by atoms with van der Waals surface area (Å²) in [6.07, 6.45) is -3.64. The van der Waals surface area contributed by atoms with Crippen molar-refractivity contribution in [1.29, 1.82) is 0 Å². The molecule has 2 aromatic carbocycles. The SMILES string of the molecule is CC(C)(C)OC(=O)Nc1ccc(Nc2ncc(C(F)(F)F)c(NCc3cccc(S(C)(=O)=O)c3)n2)cc1. The highest BCUT2D eigenvalue weighted by Crippen LogP contribution is 2.34. The highest BCUT2D eigenvalue weighted by molar-refractivity contribution is 7.90. The minimum atomic E-state index is -4.72. The molecule has 0 aliphatic rings. The van der Waals surface area contributed by atoms with E-state index in [-0.39, 0.29) is 17.4 Å². The number of rotatable bonds is 7. The van der Waals surface area contributed by atoms with Crippen molar-refractivity contribution in [3.8, 4) is 0 Å². The monoisotopic (exact) mass is 537 g/mol. The Morgan fingerprint density at radius 2 is 1.68 bits per heavy atom. The van der Waals surface area contributed by atoms with E-state index in [0.717, 1.165) is 6.26 Å². The minimum absolute atomic E-state index is 0.0532. The van der Waals surface area contributed by atoms with Crippen molar-refractivity contribution in [3.63, 3.8) is 0 Å². The third-order valence-electron chi connectivity index (χ3n) is 4.67. The Balaban J connectivity index is 1.76. The van der Waals surface area contributed by atoms with Crippen LogP contribution >= 0.6 is 0 Å². The maximum absolute atomic E-state index is 13.5. The lowest BCUT2D eigenvalue weighted by Gasteiger charge is -2.19. The summed E-state index contributed by atoms with van der Waals surface area (Å²) < 4.78 is 69.3. The number of nitrogens with one attached hydrogen (secondary N) is 3. The summed E-state index contributed by atoms with van der Waals surface area (Å²) >= 11 is 0. The number of nitrogens with zero attached hydrogens (tertiary/aromatic N) is 2. The maximum atomic E-state index is 13.5. The third kappa shape index (κ3) is 8.34. The summed E-state index contributed by atoms with van der Waals surface area (Å²) in [4.78, 5) is 19.7. The average Bonchev–Trinajstić information content (AvgIpc) is 2.77. The van der Waals surface area contributed by atoms with Crippen molar-refractivity contribution in [2.24, 2.45) is 0 Å². The average molecular weight is 538 g/mol. The van der Waals surface area contributed by atoms with Gasteiger partial charge in [0.2, 0.25) is 5.95 Å². The topological polar surface area (TPSA) is 122 Å². The van der Waals surface area contributed by atoms with E-state index in [9.17, 15) is 26.4 Å². The molecule has 1 heterocycles. The number of amides is 1. The highest BCUT2D eigenvalue weighted by Gasteiger charge is 2.35. The summed E-state index contributed by atoms with van der Waals surface area (Å²) in [6, 6.07) is 12.2. The van der Waals surface area contributed by atoms with Crippen LogP contribution in [0.4, 0.5) is 41.1 Å². The Labute approximate surface area is 212 Å². The number of carbonyl (C=O) groups excluding carboxylic acids is 1. The molecule has 0 aliphatic heterocycles. The van der Waals surface area contributed by atoms with E-state index in [0.29, 0.717) is 23.1 Å². The van der Waals surface area contributed by atoms with Crippen LogP contribution in [0, 0.1) is 0 Å². The van der Waals surface area contributed by atoms with Crippen LogP contribution in [0.3, 0.4) is 0 Å². The summed E-state index contributed by atoms with van der Waals surface area (Å²) in [5, 5.41) is 8.01. The Bertz CT molecular complexity index is 1370. The second kappa shape index (κ2) is 10.6. The van der Waals surface area contributed by atoms with Crippen LogP contribution in [0.2, 0.25) is 0 Å². The van der Waals surface area contributed by atoms with Gasteiger partial charge in [-0.05, 0) is 62.7 Å². The largest absolute Gasteiger partial charge is 0.444 e. The summed E-state index contributed by atoms with van der Waals surface area (Å²) in [5.41, 5.74) is -0.368. The third-order valence-corrected chi connectivity index (χ3v) is 5.78. The number of hydrogen-bond acceptors (Lipinski definition) is 8. The molecule has 1 amide bonds. The Morgan fingerprint density at radius 1 is 1.03 bits per heavy atom. The molecule has 9 nitrogen and oxygen atoms in total. The van der Waals surface area contributed by atoms with E-state index in [1.807, 2.05) is 0 Å². The van der Waals surface area contributed by atoms with Gasteiger partial charge >= 0.3 is 12.3 Å². The number of alkyl halides is 3. The zero-order chi connectivity index (χ0) is 27.4. The molecule has 37 heavy (non-hydrogen) atoms. The van der Waals surface area contributed by atoms with Crippen LogP contribution in [-0.4, -0.2) is 36.3 Å². The molecule has 3 N–H and O–H groups in total. The lowest BCUT2D eigenvalue weighted by molar-refractivity contribution is -0.137. The van der Waals surface area contributed by atoms with E-state index in [2.05, 4.69) is 25.9 Å². The number of hydrogen-bond donors (Lipinski definition) is 3. The van der Waals surface area contributed by atoms with E-state index >= 15 is 0 Å². The fraction of sp³-hybridized carbons (Fsp3) is 0.292. The van der Waals surface area contributed by atoms with E-state index < -0.39 is 39.1 Å². The smallest absolute Gasteiger partial charge is 0.421 e. The minimum Gasteiger partial charge on any atom is -0.444 e. The van der Waals surface area contributed by atoms with E-state index in [4.69, 9.17) is 4.74 Å². The molecule has 0 saturated heterocycles. The van der Waals surface area contributed by atoms with Crippen molar-refractivity contribution in [2.75, 3.05) is 22.2 Å². The van der Waals surface area contributed by atoms with Gasteiger partial charge in [0.05, 0.1) is 4.90 Å². The van der Waals surface area contributed by atoms with Crippen molar-refractivity contribution < 1.29 is 31.1 Å². The van der Waals surface area contributed by atoms with Crippen LogP contribution in [0.5, 0.6) is 0 Å². The van der Waals surface area contributed by atoms with Gasteiger partial charge in [-0.25, -0.2) is 18.2 Å². The molecular formula is C24H26F3N5O4S. The van der Waals surface area contributed by atoms with Crippen LogP contribution in [0.25, 0.3) is 0 Å². The molecule has 0 aliphatic carbocycles. The first-order chi connectivity index (χ1) is 17.1. The summed E-state index contributed by atoms with van der Waals surface area (Å²) in [5.74, 6) is -0.578. The zero-order valence-corrected chi connectivity index (χ0v) is 21.3. The van der Waals surface area contributed by atoms with Gasteiger partial charge in [0.25, 0.3) is 0 Å². The molecule has 0 atom stereocenters. The van der Waals surface area contributed by atoms with Crippen LogP contribution in [-0.2, 0) is 27.3 Å². The number of benzene rings is 2. The highest BCUT2D eigenvalue weighted by atomic mass is 32.2. The normalized spacial score (nSPS) is 12.1. The molecule has 0 spiro atoms. The summed E-state index contributed by atoms with van der Waals surface area (Å²) in [6.45, 7) is 5.10. The van der Waals surface area contributed by atoms with E-state index in [1.165, 1.54) is 18.2 Å². The van der Waals surface area contributed by atoms with Gasteiger partial charge in [-0.2, -0.15) is 18.2 Å². The first-order valence-corrected chi connectivity index (χ1v) is 12.8. The lowest BCUT2D eigenvalue weighted by atomic mass is 10.2. The second-order valence-electron chi connectivity index (χ2n) is 9.06. The van der Waals surface area contributed by atoms with Gasteiger partial charge in [-0.3, -0.25) is 5.32 Å². The molecule has 1 aromatic heterocycles. The predicted molar refractivity (Wildman–Crippen MR) is 133 cm³/mol. The molecule has 0 fully saturated rings. The molecule has 3 rings (SSSR count). The van der Waals surface area contributed by atoms with Gasteiger partial charge in [0.1, 0.15) is 17.0 Å². The van der Waals surface area contributed by atoms with Gasteiger partial charge in [-0.15, -0.1) is 0 Å². The fourth-order valence-corrected chi connectivity index (χ4v) is 3.73. The Morgan fingerprint density at radius 3 is 2.27 bits per heavy atom. The van der Waals surface area contributed by atoms with Crippen molar-refractivity contribution in [3.05, 3.63) is 65.9 Å². The van der Waals surface area contributed by atoms with Crippen molar-refractivity contribution in [1.82, 2.24) is 9.97 Å². The molecule has 198 valence electrons. The maximum Gasteiger partial charge on any atom is 0.421 e. The lowest BCUT2D eigenvalue weighted by Crippen LogP contribution is -2.27. The molecule has 3 aromatic rings. The zero-order valence-electron chi connectivity index (χ0n) is 20.5. The number of carbonyl (C=O) groups is 1. The number of aromatic nitrogens is 2. The standard InChI is InChI=1S/C24H26F3N5O4S/c1-23(2,3)36-22(33)31-17-10-8-16(9-11-17)30-21-29-14-19(24(25,26)27)20(32-21)28-13-15-6-5-7-18(12-15)37(4,34)35/h5-12,14H,13H2,1-4H3,(H,31,33)(H2,28,29,30,32). The van der Waals surface area contributed by atoms with Gasteiger partial charge in [0.15, 0.2) is 9.84 Å². The molecule has 0 unspecified atom stereocenters. The first kappa shape index (κ1) is 27.7. The Hall–Kier alpha value is -3.87. The first-order valence-electron chi connectivity index (χ1n) is 10.9. The van der Waals surface area contributed by atoms with Crippen LogP contribution in [0.15, 0.2) is 59.6 Å². The van der Waals surface area contributed by atoms with Gasteiger partial charge in [-0.1, -0.05) is 12.1 Å². The van der Waals surface area contributed by atoms with Crippen LogP contribution in [0.1, 0.15) is 31.9 Å². The van der Waals surface area contributed by atoms with Crippen LogP contribution < -0.4 is 16.0 Å². The molecule has 0 bridgehead atoms. The van der Waals surface area contributed by atoms with Crippen molar-refractivity contribution >= 4 is 39.1 Å². The van der Waals surface area contributed by atoms with Gasteiger partial charge in [0, 0.05) is 30.4 Å². The number of anilines is 4. The molecule has 13 heteroatoms. The second-order valence-corrected chi connectivity index (χ2v) is 11.1. The molecule has 0 saturated carbocycles. The van der Waals surface area contributed by atoms with Crippen molar-refractivity contribution in [2.45, 2.75) is 44.0 Å². The predicted octanol–water partition coefficient (Wildman–Crippen LogP) is 5.60. The Kier molecular flexibility index (Phi) is 7.96. The molecule has 0 radical (unpaired) electrons. The summed E-state index contributed by atoms with van der Waals surface area (Å²) in [7, 11) is -3.47. The number of sulfone groups is 1. The number of halogens is 3. The molecular weight excluding hydrogens is 511 g/mol. The quantitative estimate of drug-likeness (QED) is 0.356.